The molecule has 0 saturated heterocycles. The number of hydrogen-bond donors (Lipinski definition) is 1. The number of nitrogens with zero attached hydrogens (tertiary/aromatic N) is 2. The van der Waals surface area contributed by atoms with Crippen molar-refractivity contribution in [3.8, 4) is 5.69 Å². The summed E-state index contributed by atoms with van der Waals surface area (Å²) in [4.78, 5) is 0. The molecule has 1 aromatic carbocycles. The fourth-order valence-corrected chi connectivity index (χ4v) is 1.37. The van der Waals surface area contributed by atoms with E-state index in [0.717, 1.165) is 11.3 Å². The highest BCUT2D eigenvalue weighted by atomic mass is 19.1. The molecule has 1 heterocycles. The topological polar surface area (TPSA) is 43.8 Å². The van der Waals surface area contributed by atoms with E-state index in [1.807, 2.05) is 6.92 Å². The molecule has 0 spiro atoms. The number of hydrogen-bond acceptors (Lipinski definition) is 2. The molecule has 0 aliphatic rings. The molecule has 0 unspecified atom stereocenters. The van der Waals surface area contributed by atoms with Gasteiger partial charge in [0.2, 0.25) is 0 Å². The third kappa shape index (κ3) is 1.35. The standard InChI is InChI=1S/C10H10FN3/c1-7-6-8(11)2-3-9(7)14-10(12)4-5-13-14/h2-6H,12H2,1H3. The van der Waals surface area contributed by atoms with Gasteiger partial charge in [-0.25, -0.2) is 9.07 Å². The zero-order valence-electron chi connectivity index (χ0n) is 7.74. The van der Waals surface area contributed by atoms with Crippen LogP contribution in [0.5, 0.6) is 0 Å². The van der Waals surface area contributed by atoms with E-state index in [2.05, 4.69) is 5.10 Å². The molecular formula is C10H10FN3. The first kappa shape index (κ1) is 8.74. The Kier molecular flexibility index (Phi) is 1.96. The van der Waals surface area contributed by atoms with Crippen LogP contribution >= 0.6 is 0 Å². The summed E-state index contributed by atoms with van der Waals surface area (Å²) in [5.74, 6) is 0.289. The van der Waals surface area contributed by atoms with Crippen molar-refractivity contribution in [3.63, 3.8) is 0 Å². The fraction of sp³-hybridized carbons (Fsp3) is 0.100. The summed E-state index contributed by atoms with van der Waals surface area (Å²) in [6, 6.07) is 6.21. The second kappa shape index (κ2) is 3.14. The maximum atomic E-state index is 12.8. The summed E-state index contributed by atoms with van der Waals surface area (Å²) in [7, 11) is 0. The largest absolute Gasteiger partial charge is 0.384 e. The number of aromatic nitrogens is 2. The van der Waals surface area contributed by atoms with Crippen LogP contribution in [-0.2, 0) is 0 Å². The zero-order valence-corrected chi connectivity index (χ0v) is 7.74. The van der Waals surface area contributed by atoms with E-state index in [-0.39, 0.29) is 5.82 Å². The molecule has 4 heteroatoms. The van der Waals surface area contributed by atoms with Crippen molar-refractivity contribution in [3.05, 3.63) is 41.8 Å². The smallest absolute Gasteiger partial charge is 0.127 e. The maximum Gasteiger partial charge on any atom is 0.127 e. The molecule has 14 heavy (non-hydrogen) atoms. The number of anilines is 1. The van der Waals surface area contributed by atoms with Crippen molar-refractivity contribution >= 4 is 5.82 Å². The lowest BCUT2D eigenvalue weighted by Crippen LogP contribution is -2.03. The lowest BCUT2D eigenvalue weighted by atomic mass is 10.2. The van der Waals surface area contributed by atoms with Crippen molar-refractivity contribution in [1.82, 2.24) is 9.78 Å². The van der Waals surface area contributed by atoms with Gasteiger partial charge >= 0.3 is 0 Å². The lowest BCUT2D eigenvalue weighted by molar-refractivity contribution is 0.625. The van der Waals surface area contributed by atoms with Gasteiger partial charge in [-0.3, -0.25) is 0 Å². The zero-order chi connectivity index (χ0) is 10.1. The Balaban J connectivity index is 2.58. The van der Waals surface area contributed by atoms with Crippen molar-refractivity contribution < 1.29 is 4.39 Å². The van der Waals surface area contributed by atoms with Crippen LogP contribution < -0.4 is 5.73 Å². The molecule has 0 saturated carbocycles. The van der Waals surface area contributed by atoms with Gasteiger partial charge in [-0.15, -0.1) is 0 Å². The van der Waals surface area contributed by atoms with E-state index in [9.17, 15) is 4.39 Å². The van der Waals surface area contributed by atoms with Crippen LogP contribution in [0.2, 0.25) is 0 Å². The second-order valence-electron chi connectivity index (χ2n) is 3.10. The van der Waals surface area contributed by atoms with Crippen LogP contribution in [0.4, 0.5) is 10.2 Å². The van der Waals surface area contributed by atoms with Gasteiger partial charge in [-0.05, 0) is 30.7 Å². The van der Waals surface area contributed by atoms with E-state index in [1.54, 1.807) is 23.0 Å². The molecule has 72 valence electrons. The lowest BCUT2D eigenvalue weighted by Gasteiger charge is -2.07. The monoisotopic (exact) mass is 191 g/mol. The molecule has 0 amide bonds. The van der Waals surface area contributed by atoms with Gasteiger partial charge in [0.05, 0.1) is 11.9 Å². The van der Waals surface area contributed by atoms with Crippen LogP contribution in [0, 0.1) is 12.7 Å². The van der Waals surface area contributed by atoms with Crippen molar-refractivity contribution in [2.75, 3.05) is 5.73 Å². The number of rotatable bonds is 1. The molecule has 2 rings (SSSR count). The Morgan fingerprint density at radius 1 is 1.36 bits per heavy atom. The number of benzene rings is 1. The highest BCUT2D eigenvalue weighted by Crippen LogP contribution is 2.17. The molecule has 0 aliphatic carbocycles. The summed E-state index contributed by atoms with van der Waals surface area (Å²) < 4.78 is 14.4. The molecule has 3 nitrogen and oxygen atoms in total. The Labute approximate surface area is 81.0 Å². The van der Waals surface area contributed by atoms with Crippen LogP contribution in [-0.4, -0.2) is 9.78 Å². The predicted octanol–water partition coefficient (Wildman–Crippen LogP) is 1.90. The average Bonchev–Trinajstić information content (AvgIpc) is 2.52. The minimum absolute atomic E-state index is 0.253. The first-order valence-electron chi connectivity index (χ1n) is 4.24. The minimum Gasteiger partial charge on any atom is -0.384 e. The van der Waals surface area contributed by atoms with Crippen LogP contribution in [0.3, 0.4) is 0 Å². The molecule has 0 atom stereocenters. The quantitative estimate of drug-likeness (QED) is 0.748. The molecular weight excluding hydrogens is 181 g/mol. The van der Waals surface area contributed by atoms with Gasteiger partial charge < -0.3 is 5.73 Å². The van der Waals surface area contributed by atoms with E-state index >= 15 is 0 Å². The number of halogens is 1. The fourth-order valence-electron chi connectivity index (χ4n) is 1.37. The van der Waals surface area contributed by atoms with E-state index in [1.165, 1.54) is 12.1 Å². The Hall–Kier alpha value is -1.84. The Morgan fingerprint density at radius 3 is 2.71 bits per heavy atom. The van der Waals surface area contributed by atoms with Crippen LogP contribution in [0.25, 0.3) is 5.69 Å². The minimum atomic E-state index is -0.253. The summed E-state index contributed by atoms with van der Waals surface area (Å²) in [5.41, 5.74) is 7.29. The molecule has 0 fully saturated rings. The van der Waals surface area contributed by atoms with E-state index < -0.39 is 0 Å². The summed E-state index contributed by atoms with van der Waals surface area (Å²) >= 11 is 0. The Morgan fingerprint density at radius 2 is 2.14 bits per heavy atom. The number of nitrogen functional groups attached to an aromatic ring is 1. The second-order valence-corrected chi connectivity index (χ2v) is 3.10. The van der Waals surface area contributed by atoms with Crippen molar-refractivity contribution in [1.29, 1.82) is 0 Å². The van der Waals surface area contributed by atoms with Crippen LogP contribution in [0.15, 0.2) is 30.5 Å². The van der Waals surface area contributed by atoms with Gasteiger partial charge in [-0.2, -0.15) is 5.10 Å². The van der Waals surface area contributed by atoms with Crippen molar-refractivity contribution in [2.45, 2.75) is 6.92 Å². The first-order chi connectivity index (χ1) is 6.68. The maximum absolute atomic E-state index is 12.8. The van der Waals surface area contributed by atoms with Crippen molar-refractivity contribution in [2.24, 2.45) is 0 Å². The summed E-state index contributed by atoms with van der Waals surface area (Å²) in [6.45, 7) is 1.82. The normalized spacial score (nSPS) is 10.4. The average molecular weight is 191 g/mol. The highest BCUT2D eigenvalue weighted by Gasteiger charge is 2.05. The molecule has 0 radical (unpaired) electrons. The summed E-state index contributed by atoms with van der Waals surface area (Å²) in [5, 5.41) is 4.05. The van der Waals surface area contributed by atoms with Gasteiger partial charge in [-0.1, -0.05) is 0 Å². The molecule has 1 aromatic heterocycles. The molecule has 2 N–H and O–H groups in total. The SMILES string of the molecule is Cc1cc(F)ccc1-n1nccc1N. The third-order valence-corrected chi connectivity index (χ3v) is 2.06. The first-order valence-corrected chi connectivity index (χ1v) is 4.24. The Bertz CT molecular complexity index is 462. The molecule has 0 bridgehead atoms. The molecule has 2 aromatic rings. The predicted molar refractivity (Wildman–Crippen MR) is 52.7 cm³/mol. The van der Waals surface area contributed by atoms with Gasteiger partial charge in [0.15, 0.2) is 0 Å². The third-order valence-electron chi connectivity index (χ3n) is 2.06. The van der Waals surface area contributed by atoms with Gasteiger partial charge in [0, 0.05) is 6.07 Å². The van der Waals surface area contributed by atoms with Gasteiger partial charge in [0.25, 0.3) is 0 Å². The van der Waals surface area contributed by atoms with E-state index in [0.29, 0.717) is 5.82 Å². The van der Waals surface area contributed by atoms with E-state index in [4.69, 9.17) is 5.73 Å². The number of aryl methyl sites for hydroxylation is 1. The molecule has 0 aliphatic heterocycles. The highest BCUT2D eigenvalue weighted by molar-refractivity contribution is 5.45. The van der Waals surface area contributed by atoms with Crippen LogP contribution in [0.1, 0.15) is 5.56 Å². The number of nitrogens with two attached hydrogens (primary N) is 1. The van der Waals surface area contributed by atoms with Gasteiger partial charge in [0.1, 0.15) is 11.6 Å². The summed E-state index contributed by atoms with van der Waals surface area (Å²) in [6.07, 6.45) is 1.61.